The fourth-order valence-electron chi connectivity index (χ4n) is 3.47. The Morgan fingerprint density at radius 3 is 2.56 bits per heavy atom. The van der Waals surface area contributed by atoms with Crippen LogP contribution in [0.5, 0.6) is 11.5 Å². The number of benzene rings is 2. The lowest BCUT2D eigenvalue weighted by molar-refractivity contribution is 0.189. The van der Waals surface area contributed by atoms with Gasteiger partial charge in [0.05, 0.1) is 25.9 Å². The SMILES string of the molecule is COc1ccc(NC(=O)N2CCCCC[C@@H]2c2ccc(Cl)cc2)c(OC)c1. The van der Waals surface area contributed by atoms with Gasteiger partial charge in [0.2, 0.25) is 0 Å². The topological polar surface area (TPSA) is 50.8 Å². The van der Waals surface area contributed by atoms with E-state index in [1.165, 1.54) is 0 Å². The summed E-state index contributed by atoms with van der Waals surface area (Å²) in [6, 6.07) is 13.0. The smallest absolute Gasteiger partial charge is 0.322 e. The van der Waals surface area contributed by atoms with Crippen LogP contribution >= 0.6 is 11.6 Å². The van der Waals surface area contributed by atoms with E-state index in [-0.39, 0.29) is 12.1 Å². The monoisotopic (exact) mass is 388 g/mol. The van der Waals surface area contributed by atoms with Gasteiger partial charge in [-0.2, -0.15) is 0 Å². The molecule has 0 aromatic heterocycles. The van der Waals surface area contributed by atoms with Gasteiger partial charge in [-0.15, -0.1) is 0 Å². The first kappa shape index (κ1) is 19.4. The highest BCUT2D eigenvalue weighted by molar-refractivity contribution is 6.30. The molecule has 2 aromatic carbocycles. The maximum atomic E-state index is 13.1. The van der Waals surface area contributed by atoms with Crippen LogP contribution in [0.15, 0.2) is 42.5 Å². The average molecular weight is 389 g/mol. The summed E-state index contributed by atoms with van der Waals surface area (Å²) < 4.78 is 10.6. The third-order valence-corrected chi connectivity index (χ3v) is 5.17. The fourth-order valence-corrected chi connectivity index (χ4v) is 3.60. The van der Waals surface area contributed by atoms with Gasteiger partial charge >= 0.3 is 6.03 Å². The van der Waals surface area contributed by atoms with Crippen molar-refractivity contribution in [2.45, 2.75) is 31.7 Å². The number of carbonyl (C=O) groups is 1. The highest BCUT2D eigenvalue weighted by Gasteiger charge is 2.27. The number of nitrogens with one attached hydrogen (secondary N) is 1. The Bertz CT molecular complexity index is 779. The van der Waals surface area contributed by atoms with Crippen LogP contribution in [0.25, 0.3) is 0 Å². The summed E-state index contributed by atoms with van der Waals surface area (Å²) in [5.74, 6) is 1.25. The van der Waals surface area contributed by atoms with E-state index in [4.69, 9.17) is 21.1 Å². The zero-order chi connectivity index (χ0) is 19.2. The van der Waals surface area contributed by atoms with Crippen molar-refractivity contribution in [1.29, 1.82) is 0 Å². The maximum Gasteiger partial charge on any atom is 0.322 e. The number of carbonyl (C=O) groups excluding carboxylic acids is 1. The number of halogens is 1. The van der Waals surface area contributed by atoms with E-state index in [0.29, 0.717) is 22.2 Å². The molecule has 0 aliphatic carbocycles. The van der Waals surface area contributed by atoms with Gasteiger partial charge in [0, 0.05) is 17.6 Å². The minimum Gasteiger partial charge on any atom is -0.497 e. The molecule has 0 saturated carbocycles. The molecule has 1 aliphatic rings. The molecule has 27 heavy (non-hydrogen) atoms. The van der Waals surface area contributed by atoms with E-state index >= 15 is 0 Å². The van der Waals surface area contributed by atoms with Crippen molar-refractivity contribution in [2.75, 3.05) is 26.1 Å². The second-order valence-electron chi connectivity index (χ2n) is 6.61. The minimum atomic E-state index is -0.125. The first-order chi connectivity index (χ1) is 13.1. The normalized spacial score (nSPS) is 17.1. The number of urea groups is 1. The number of hydrogen-bond acceptors (Lipinski definition) is 3. The van der Waals surface area contributed by atoms with E-state index in [9.17, 15) is 4.79 Å². The Hall–Kier alpha value is -2.40. The molecule has 0 spiro atoms. The molecule has 1 aliphatic heterocycles. The summed E-state index contributed by atoms with van der Waals surface area (Å²) >= 11 is 6.03. The largest absolute Gasteiger partial charge is 0.497 e. The lowest BCUT2D eigenvalue weighted by atomic mass is 10.0. The first-order valence-electron chi connectivity index (χ1n) is 9.17. The standard InChI is InChI=1S/C21H25ClN2O3/c1-26-17-11-12-18(20(14-17)27-2)23-21(25)24-13-5-3-4-6-19(24)15-7-9-16(22)10-8-15/h7-12,14,19H,3-6,13H2,1-2H3,(H,23,25)/t19-/m1/s1. The highest BCUT2D eigenvalue weighted by Crippen LogP contribution is 2.33. The molecule has 2 amide bonds. The third kappa shape index (κ3) is 4.66. The molecule has 1 heterocycles. The minimum absolute atomic E-state index is 0.0361. The molecule has 2 aromatic rings. The predicted octanol–water partition coefficient (Wildman–Crippen LogP) is 5.51. The summed E-state index contributed by atoms with van der Waals surface area (Å²) in [5, 5.41) is 3.70. The number of likely N-dealkylation sites (tertiary alicyclic amines) is 1. The molecule has 5 nitrogen and oxygen atoms in total. The fraction of sp³-hybridized carbons (Fsp3) is 0.381. The molecule has 1 saturated heterocycles. The molecule has 3 rings (SSSR count). The van der Waals surface area contributed by atoms with Gasteiger partial charge < -0.3 is 19.7 Å². The van der Waals surface area contributed by atoms with E-state index < -0.39 is 0 Å². The Morgan fingerprint density at radius 2 is 1.85 bits per heavy atom. The number of methoxy groups -OCH3 is 2. The molecule has 144 valence electrons. The van der Waals surface area contributed by atoms with Crippen molar-refractivity contribution in [3.8, 4) is 11.5 Å². The van der Waals surface area contributed by atoms with Crippen LogP contribution in [-0.2, 0) is 0 Å². The first-order valence-corrected chi connectivity index (χ1v) is 9.55. The zero-order valence-corrected chi connectivity index (χ0v) is 16.5. The summed E-state index contributed by atoms with van der Waals surface area (Å²) in [6.07, 6.45) is 4.16. The van der Waals surface area contributed by atoms with Gasteiger partial charge in [-0.05, 0) is 42.7 Å². The molecule has 1 atom stereocenters. The molecule has 1 N–H and O–H groups in total. The van der Waals surface area contributed by atoms with Crippen LogP contribution < -0.4 is 14.8 Å². The van der Waals surface area contributed by atoms with Crippen LogP contribution in [0.4, 0.5) is 10.5 Å². The van der Waals surface area contributed by atoms with Crippen molar-refractivity contribution < 1.29 is 14.3 Å². The Kier molecular flexibility index (Phi) is 6.45. The van der Waals surface area contributed by atoms with Crippen LogP contribution in [0.1, 0.15) is 37.3 Å². The average Bonchev–Trinajstić information content (AvgIpc) is 2.95. The highest BCUT2D eigenvalue weighted by atomic mass is 35.5. The van der Waals surface area contributed by atoms with E-state index in [2.05, 4.69) is 5.32 Å². The van der Waals surface area contributed by atoms with Crippen molar-refractivity contribution in [3.63, 3.8) is 0 Å². The number of hydrogen-bond donors (Lipinski definition) is 1. The predicted molar refractivity (Wildman–Crippen MR) is 108 cm³/mol. The Labute approximate surface area is 165 Å². The zero-order valence-electron chi connectivity index (χ0n) is 15.7. The summed E-state index contributed by atoms with van der Waals surface area (Å²) in [7, 11) is 3.17. The summed E-state index contributed by atoms with van der Waals surface area (Å²) in [5.41, 5.74) is 1.74. The quantitative estimate of drug-likeness (QED) is 0.751. The van der Waals surface area contributed by atoms with E-state index in [1.807, 2.05) is 29.2 Å². The third-order valence-electron chi connectivity index (χ3n) is 4.92. The number of nitrogens with zero attached hydrogens (tertiary/aromatic N) is 1. The molecule has 0 unspecified atom stereocenters. The molecule has 0 radical (unpaired) electrons. The molecular weight excluding hydrogens is 364 g/mol. The Morgan fingerprint density at radius 1 is 1.07 bits per heavy atom. The van der Waals surface area contributed by atoms with Crippen LogP contribution in [0.2, 0.25) is 5.02 Å². The second kappa shape index (κ2) is 9.00. The number of rotatable bonds is 4. The van der Waals surface area contributed by atoms with Crippen molar-refractivity contribution in [3.05, 3.63) is 53.1 Å². The summed E-state index contributed by atoms with van der Waals surface area (Å²) in [4.78, 5) is 15.0. The van der Waals surface area contributed by atoms with E-state index in [1.54, 1.807) is 32.4 Å². The molecule has 6 heteroatoms. The number of ether oxygens (including phenoxy) is 2. The maximum absolute atomic E-state index is 13.1. The van der Waals surface area contributed by atoms with Crippen molar-refractivity contribution >= 4 is 23.3 Å². The van der Waals surface area contributed by atoms with Gasteiger partial charge in [0.15, 0.2) is 0 Å². The van der Waals surface area contributed by atoms with Crippen molar-refractivity contribution in [2.24, 2.45) is 0 Å². The lowest BCUT2D eigenvalue weighted by Gasteiger charge is -2.31. The van der Waals surface area contributed by atoms with Crippen LogP contribution in [0, 0.1) is 0 Å². The van der Waals surface area contributed by atoms with Gasteiger partial charge in [-0.25, -0.2) is 4.79 Å². The van der Waals surface area contributed by atoms with Crippen LogP contribution in [0.3, 0.4) is 0 Å². The van der Waals surface area contributed by atoms with Gasteiger partial charge in [0.25, 0.3) is 0 Å². The van der Waals surface area contributed by atoms with Gasteiger partial charge in [-0.1, -0.05) is 36.6 Å². The molecule has 0 bridgehead atoms. The Balaban J connectivity index is 1.83. The lowest BCUT2D eigenvalue weighted by Crippen LogP contribution is -2.38. The number of anilines is 1. The van der Waals surface area contributed by atoms with Gasteiger partial charge in [-0.3, -0.25) is 0 Å². The van der Waals surface area contributed by atoms with E-state index in [0.717, 1.165) is 37.8 Å². The second-order valence-corrected chi connectivity index (χ2v) is 7.04. The molecule has 1 fully saturated rings. The van der Waals surface area contributed by atoms with Crippen molar-refractivity contribution in [1.82, 2.24) is 4.90 Å². The van der Waals surface area contributed by atoms with Gasteiger partial charge in [0.1, 0.15) is 11.5 Å². The molecular formula is C21H25ClN2O3. The van der Waals surface area contributed by atoms with Crippen LogP contribution in [-0.4, -0.2) is 31.7 Å². The number of amides is 2. The summed E-state index contributed by atoms with van der Waals surface area (Å²) in [6.45, 7) is 0.720.